The van der Waals surface area contributed by atoms with Gasteiger partial charge < -0.3 is 5.11 Å². The molecule has 1 rings (SSSR count). The quantitative estimate of drug-likeness (QED) is 0.427. The minimum Gasteiger partial charge on any atom is -0.507 e. The van der Waals surface area contributed by atoms with Crippen molar-refractivity contribution < 1.29 is 9.90 Å². The molecule has 0 aliphatic carbocycles. The summed E-state index contributed by atoms with van der Waals surface area (Å²) in [6.07, 6.45) is 0.869. The fourth-order valence-corrected chi connectivity index (χ4v) is 1.70. The van der Waals surface area contributed by atoms with Gasteiger partial charge >= 0.3 is 0 Å². The first-order chi connectivity index (χ1) is 7.83. The Balaban J connectivity index is 3.40. The number of benzene rings is 1. The molecule has 0 saturated heterocycles. The standard InChI is InChI=1S/C13H20N2O2/c1-5-13(3,4)10-7-9(12(17)15-14)6-8(2)11(10)16/h6-7,16H,5,14H2,1-4H3,(H,15,17). The number of phenolic OH excluding ortho intramolecular Hbond substituents is 1. The summed E-state index contributed by atoms with van der Waals surface area (Å²) in [5.74, 6) is 5.03. The van der Waals surface area contributed by atoms with Gasteiger partial charge in [0.2, 0.25) is 0 Å². The van der Waals surface area contributed by atoms with Crippen LogP contribution in [0.25, 0.3) is 0 Å². The van der Waals surface area contributed by atoms with Crippen LogP contribution in [0.4, 0.5) is 0 Å². The second-order valence-corrected chi connectivity index (χ2v) is 4.90. The monoisotopic (exact) mass is 236 g/mol. The highest BCUT2D eigenvalue weighted by molar-refractivity contribution is 5.94. The van der Waals surface area contributed by atoms with Crippen LogP contribution in [0.3, 0.4) is 0 Å². The molecule has 4 heteroatoms. The summed E-state index contributed by atoms with van der Waals surface area (Å²) in [6.45, 7) is 7.89. The van der Waals surface area contributed by atoms with Crippen molar-refractivity contribution in [3.8, 4) is 5.75 Å². The summed E-state index contributed by atoms with van der Waals surface area (Å²) in [6, 6.07) is 3.33. The number of hydrogen-bond donors (Lipinski definition) is 3. The number of rotatable bonds is 3. The van der Waals surface area contributed by atoms with Crippen LogP contribution in [0.2, 0.25) is 0 Å². The lowest BCUT2D eigenvalue weighted by Gasteiger charge is -2.25. The Morgan fingerprint density at radius 3 is 2.53 bits per heavy atom. The molecule has 1 amide bonds. The van der Waals surface area contributed by atoms with Crippen molar-refractivity contribution >= 4 is 5.91 Å². The first kappa shape index (κ1) is 13.5. The van der Waals surface area contributed by atoms with Crippen molar-refractivity contribution in [1.29, 1.82) is 0 Å². The number of aryl methyl sites for hydroxylation is 1. The van der Waals surface area contributed by atoms with Crippen LogP contribution in [0.5, 0.6) is 5.75 Å². The van der Waals surface area contributed by atoms with Gasteiger partial charge in [0, 0.05) is 11.1 Å². The Hall–Kier alpha value is -1.55. The molecular weight excluding hydrogens is 216 g/mol. The van der Waals surface area contributed by atoms with Crippen LogP contribution < -0.4 is 11.3 Å². The maximum atomic E-state index is 11.5. The van der Waals surface area contributed by atoms with Crippen molar-refractivity contribution in [2.75, 3.05) is 0 Å². The minimum atomic E-state index is -0.346. The molecule has 94 valence electrons. The van der Waals surface area contributed by atoms with Gasteiger partial charge in [-0.2, -0.15) is 0 Å². The van der Waals surface area contributed by atoms with Gasteiger partial charge in [-0.3, -0.25) is 10.2 Å². The Morgan fingerprint density at radius 1 is 1.47 bits per heavy atom. The molecule has 0 aromatic heterocycles. The molecule has 17 heavy (non-hydrogen) atoms. The van der Waals surface area contributed by atoms with Gasteiger partial charge in [0.25, 0.3) is 5.91 Å². The highest BCUT2D eigenvalue weighted by atomic mass is 16.3. The van der Waals surface area contributed by atoms with Gasteiger partial charge in [0.15, 0.2) is 0 Å². The van der Waals surface area contributed by atoms with E-state index < -0.39 is 0 Å². The Labute approximate surface area is 102 Å². The smallest absolute Gasteiger partial charge is 0.265 e. The lowest BCUT2D eigenvalue weighted by Crippen LogP contribution is -2.30. The molecule has 0 bridgehead atoms. The van der Waals surface area contributed by atoms with Crippen LogP contribution in [0.15, 0.2) is 12.1 Å². The molecule has 0 atom stereocenters. The zero-order valence-electron chi connectivity index (χ0n) is 10.8. The molecule has 4 nitrogen and oxygen atoms in total. The first-order valence-electron chi connectivity index (χ1n) is 5.68. The Bertz CT molecular complexity index is 439. The Morgan fingerprint density at radius 2 is 2.06 bits per heavy atom. The molecule has 0 heterocycles. The van der Waals surface area contributed by atoms with E-state index in [-0.39, 0.29) is 17.1 Å². The number of amides is 1. The summed E-state index contributed by atoms with van der Waals surface area (Å²) in [7, 11) is 0. The van der Waals surface area contributed by atoms with E-state index in [4.69, 9.17) is 5.84 Å². The topological polar surface area (TPSA) is 75.4 Å². The molecule has 0 aliphatic rings. The Kier molecular flexibility index (Phi) is 3.78. The number of carbonyl (C=O) groups excluding carboxylic acids is 1. The van der Waals surface area contributed by atoms with Gasteiger partial charge in [0.1, 0.15) is 5.75 Å². The summed E-state index contributed by atoms with van der Waals surface area (Å²) in [4.78, 5) is 11.5. The molecule has 0 fully saturated rings. The first-order valence-corrected chi connectivity index (χ1v) is 5.68. The van der Waals surface area contributed by atoms with E-state index in [9.17, 15) is 9.90 Å². The second kappa shape index (κ2) is 4.75. The number of hydrogen-bond acceptors (Lipinski definition) is 3. The number of phenols is 1. The van der Waals surface area contributed by atoms with Crippen molar-refractivity contribution in [2.24, 2.45) is 5.84 Å². The summed E-state index contributed by atoms with van der Waals surface area (Å²) < 4.78 is 0. The van der Waals surface area contributed by atoms with Crippen LogP contribution >= 0.6 is 0 Å². The molecule has 1 aromatic carbocycles. The van der Waals surface area contributed by atoms with Gasteiger partial charge in [-0.1, -0.05) is 20.8 Å². The largest absolute Gasteiger partial charge is 0.507 e. The number of hydrazine groups is 1. The number of aromatic hydroxyl groups is 1. The van der Waals surface area contributed by atoms with Crippen molar-refractivity contribution in [3.05, 3.63) is 28.8 Å². The third-order valence-electron chi connectivity index (χ3n) is 3.31. The van der Waals surface area contributed by atoms with E-state index in [0.29, 0.717) is 11.1 Å². The number of nitrogens with one attached hydrogen (secondary N) is 1. The van der Waals surface area contributed by atoms with Crippen LogP contribution in [0, 0.1) is 6.92 Å². The summed E-state index contributed by atoms with van der Waals surface area (Å²) in [5, 5.41) is 10.1. The average Bonchev–Trinajstić information content (AvgIpc) is 2.31. The molecule has 1 aromatic rings. The predicted molar refractivity (Wildman–Crippen MR) is 67.8 cm³/mol. The number of nitrogens with two attached hydrogens (primary N) is 1. The fraction of sp³-hybridized carbons (Fsp3) is 0.462. The van der Waals surface area contributed by atoms with Crippen molar-refractivity contribution in [2.45, 2.75) is 39.5 Å². The SMILES string of the molecule is CCC(C)(C)c1cc(C(=O)NN)cc(C)c1O. The maximum absolute atomic E-state index is 11.5. The average molecular weight is 236 g/mol. The highest BCUT2D eigenvalue weighted by Gasteiger charge is 2.24. The van der Waals surface area contributed by atoms with Gasteiger partial charge in [-0.15, -0.1) is 0 Å². The molecule has 0 radical (unpaired) electrons. The number of nitrogen functional groups attached to an aromatic ring is 1. The van der Waals surface area contributed by atoms with E-state index >= 15 is 0 Å². The minimum absolute atomic E-state index is 0.181. The van der Waals surface area contributed by atoms with Crippen molar-refractivity contribution in [1.82, 2.24) is 5.43 Å². The second-order valence-electron chi connectivity index (χ2n) is 4.90. The van der Waals surface area contributed by atoms with Crippen LogP contribution in [-0.2, 0) is 5.41 Å². The lowest BCUT2D eigenvalue weighted by molar-refractivity contribution is 0.0953. The number of carbonyl (C=O) groups is 1. The summed E-state index contributed by atoms with van der Waals surface area (Å²) in [5.41, 5.74) is 3.85. The molecule has 0 spiro atoms. The van der Waals surface area contributed by atoms with Gasteiger partial charge in [-0.05, 0) is 36.5 Å². The van der Waals surface area contributed by atoms with Crippen LogP contribution in [-0.4, -0.2) is 11.0 Å². The van der Waals surface area contributed by atoms with E-state index in [1.165, 1.54) is 0 Å². The van der Waals surface area contributed by atoms with Gasteiger partial charge in [0.05, 0.1) is 0 Å². The molecule has 0 saturated carbocycles. The van der Waals surface area contributed by atoms with E-state index in [1.807, 2.05) is 20.8 Å². The lowest BCUT2D eigenvalue weighted by atomic mass is 9.80. The maximum Gasteiger partial charge on any atom is 0.265 e. The van der Waals surface area contributed by atoms with Crippen LogP contribution in [0.1, 0.15) is 48.7 Å². The normalized spacial score (nSPS) is 11.4. The van der Waals surface area contributed by atoms with E-state index in [0.717, 1.165) is 12.0 Å². The molecule has 0 unspecified atom stereocenters. The third kappa shape index (κ3) is 2.58. The zero-order chi connectivity index (χ0) is 13.2. The van der Waals surface area contributed by atoms with E-state index in [1.54, 1.807) is 19.1 Å². The van der Waals surface area contributed by atoms with Crippen molar-refractivity contribution in [3.63, 3.8) is 0 Å². The fourth-order valence-electron chi connectivity index (χ4n) is 1.70. The van der Waals surface area contributed by atoms with E-state index in [2.05, 4.69) is 5.43 Å². The third-order valence-corrected chi connectivity index (χ3v) is 3.31. The summed E-state index contributed by atoms with van der Waals surface area (Å²) >= 11 is 0. The molecular formula is C13H20N2O2. The predicted octanol–water partition coefficient (Wildman–Crippen LogP) is 1.99. The molecule has 0 aliphatic heterocycles. The highest BCUT2D eigenvalue weighted by Crippen LogP contribution is 2.36. The molecule has 4 N–H and O–H groups in total. The zero-order valence-corrected chi connectivity index (χ0v) is 10.8. The van der Waals surface area contributed by atoms with Gasteiger partial charge in [-0.25, -0.2) is 5.84 Å².